The number of methoxy groups -OCH3 is 1. The summed E-state index contributed by atoms with van der Waals surface area (Å²) in [5, 5.41) is 0. The minimum Gasteiger partial charge on any atom is -0.496 e. The van der Waals surface area contributed by atoms with Gasteiger partial charge in [-0.1, -0.05) is 13.0 Å². The second-order valence-corrected chi connectivity index (χ2v) is 3.98. The zero-order chi connectivity index (χ0) is 13.1. The largest absolute Gasteiger partial charge is 0.496 e. The summed E-state index contributed by atoms with van der Waals surface area (Å²) >= 11 is 0. The van der Waals surface area contributed by atoms with Crippen molar-refractivity contribution < 1.29 is 9.53 Å². The highest BCUT2D eigenvalue weighted by molar-refractivity contribution is 6.00. The SMILES string of the molecule is CCc1nccn1-c1cccc(OC)c1C(C)=O. The van der Waals surface area contributed by atoms with E-state index in [1.807, 2.05) is 29.8 Å². The summed E-state index contributed by atoms with van der Waals surface area (Å²) < 4.78 is 7.19. The number of carbonyl (C=O) groups excluding carboxylic acids is 1. The number of aromatic nitrogens is 2. The number of Topliss-reactive ketones (excluding diaryl/α,β-unsaturated/α-hetero) is 1. The van der Waals surface area contributed by atoms with Gasteiger partial charge in [0.25, 0.3) is 0 Å². The van der Waals surface area contributed by atoms with Crippen LogP contribution in [0.25, 0.3) is 5.69 Å². The average molecular weight is 244 g/mol. The Morgan fingerprint density at radius 2 is 2.22 bits per heavy atom. The Kier molecular flexibility index (Phi) is 3.46. The van der Waals surface area contributed by atoms with E-state index in [1.165, 1.54) is 0 Å². The lowest BCUT2D eigenvalue weighted by molar-refractivity contribution is 0.101. The highest BCUT2D eigenvalue weighted by Crippen LogP contribution is 2.26. The van der Waals surface area contributed by atoms with Gasteiger partial charge >= 0.3 is 0 Å². The van der Waals surface area contributed by atoms with Crippen LogP contribution in [-0.4, -0.2) is 22.4 Å². The maximum Gasteiger partial charge on any atom is 0.165 e. The number of hydrogen-bond acceptors (Lipinski definition) is 3. The monoisotopic (exact) mass is 244 g/mol. The maximum absolute atomic E-state index is 11.8. The molecular weight excluding hydrogens is 228 g/mol. The van der Waals surface area contributed by atoms with E-state index in [2.05, 4.69) is 4.98 Å². The topological polar surface area (TPSA) is 44.1 Å². The molecule has 4 heteroatoms. The lowest BCUT2D eigenvalue weighted by Crippen LogP contribution is -2.07. The normalized spacial score (nSPS) is 10.4. The van der Waals surface area contributed by atoms with Crippen molar-refractivity contribution in [2.75, 3.05) is 7.11 Å². The fourth-order valence-corrected chi connectivity index (χ4v) is 2.06. The van der Waals surface area contributed by atoms with Gasteiger partial charge in [-0.05, 0) is 19.1 Å². The first-order chi connectivity index (χ1) is 8.69. The Balaban J connectivity index is 2.67. The molecule has 0 bridgehead atoms. The predicted octanol–water partition coefficient (Wildman–Crippen LogP) is 2.65. The number of benzene rings is 1. The molecule has 18 heavy (non-hydrogen) atoms. The van der Waals surface area contributed by atoms with E-state index in [1.54, 1.807) is 26.3 Å². The molecule has 0 aliphatic carbocycles. The van der Waals surface area contributed by atoms with Gasteiger partial charge in [0.1, 0.15) is 11.6 Å². The first-order valence-corrected chi connectivity index (χ1v) is 5.89. The fourth-order valence-electron chi connectivity index (χ4n) is 2.06. The zero-order valence-electron chi connectivity index (χ0n) is 10.8. The van der Waals surface area contributed by atoms with Crippen LogP contribution in [0.5, 0.6) is 5.75 Å². The van der Waals surface area contributed by atoms with E-state index < -0.39 is 0 Å². The third-order valence-corrected chi connectivity index (χ3v) is 2.87. The number of carbonyl (C=O) groups is 1. The minimum absolute atomic E-state index is 0.0156. The van der Waals surface area contributed by atoms with Crippen molar-refractivity contribution in [3.63, 3.8) is 0 Å². The molecule has 0 N–H and O–H groups in total. The third kappa shape index (κ3) is 2.01. The summed E-state index contributed by atoms with van der Waals surface area (Å²) in [5.41, 5.74) is 1.41. The fraction of sp³-hybridized carbons (Fsp3) is 0.286. The van der Waals surface area contributed by atoms with Crippen LogP contribution in [0.1, 0.15) is 30.0 Å². The van der Waals surface area contributed by atoms with Gasteiger partial charge < -0.3 is 9.30 Å². The molecule has 0 spiro atoms. The van der Waals surface area contributed by atoms with E-state index in [4.69, 9.17) is 4.74 Å². The third-order valence-electron chi connectivity index (χ3n) is 2.87. The van der Waals surface area contributed by atoms with Gasteiger partial charge in [-0.15, -0.1) is 0 Å². The molecule has 0 atom stereocenters. The summed E-state index contributed by atoms with van der Waals surface area (Å²) in [7, 11) is 1.57. The van der Waals surface area contributed by atoms with Crippen molar-refractivity contribution in [2.45, 2.75) is 20.3 Å². The van der Waals surface area contributed by atoms with Crippen molar-refractivity contribution in [3.05, 3.63) is 42.0 Å². The molecule has 1 heterocycles. The van der Waals surface area contributed by atoms with Crippen molar-refractivity contribution >= 4 is 5.78 Å². The molecule has 1 aromatic carbocycles. The molecule has 0 unspecified atom stereocenters. The smallest absolute Gasteiger partial charge is 0.165 e. The van der Waals surface area contributed by atoms with Crippen molar-refractivity contribution in [2.24, 2.45) is 0 Å². The summed E-state index contributed by atoms with van der Waals surface area (Å²) in [4.78, 5) is 16.1. The molecule has 0 amide bonds. The first-order valence-electron chi connectivity index (χ1n) is 5.89. The van der Waals surface area contributed by atoms with Crippen LogP contribution in [-0.2, 0) is 6.42 Å². The van der Waals surface area contributed by atoms with Crippen molar-refractivity contribution in [3.8, 4) is 11.4 Å². The Morgan fingerprint density at radius 3 is 2.83 bits per heavy atom. The molecule has 2 rings (SSSR count). The second kappa shape index (κ2) is 5.04. The molecule has 0 fully saturated rings. The summed E-state index contributed by atoms with van der Waals surface area (Å²) in [5.74, 6) is 1.50. The Hall–Kier alpha value is -2.10. The van der Waals surface area contributed by atoms with Crippen molar-refractivity contribution in [1.82, 2.24) is 9.55 Å². The van der Waals surface area contributed by atoms with Crippen LogP contribution in [0, 0.1) is 0 Å². The molecule has 0 aliphatic heterocycles. The van der Waals surface area contributed by atoms with Crippen molar-refractivity contribution in [1.29, 1.82) is 0 Å². The average Bonchev–Trinajstić information content (AvgIpc) is 2.85. The maximum atomic E-state index is 11.8. The van der Waals surface area contributed by atoms with Crippen LogP contribution in [0.15, 0.2) is 30.6 Å². The lowest BCUT2D eigenvalue weighted by atomic mass is 10.1. The number of ether oxygens (including phenoxy) is 1. The van der Waals surface area contributed by atoms with E-state index in [0.29, 0.717) is 11.3 Å². The highest BCUT2D eigenvalue weighted by Gasteiger charge is 2.16. The Bertz CT molecular complexity index is 573. The minimum atomic E-state index is -0.0156. The number of rotatable bonds is 4. The highest BCUT2D eigenvalue weighted by atomic mass is 16.5. The molecular formula is C14H16N2O2. The van der Waals surface area contributed by atoms with E-state index in [9.17, 15) is 4.79 Å². The summed E-state index contributed by atoms with van der Waals surface area (Å²) in [6.45, 7) is 3.58. The van der Waals surface area contributed by atoms with Crippen LogP contribution in [0.3, 0.4) is 0 Å². The van der Waals surface area contributed by atoms with E-state index in [-0.39, 0.29) is 5.78 Å². The van der Waals surface area contributed by atoms with Crippen LogP contribution in [0.4, 0.5) is 0 Å². The van der Waals surface area contributed by atoms with Crippen LogP contribution >= 0.6 is 0 Å². The van der Waals surface area contributed by atoms with Gasteiger partial charge in [0.2, 0.25) is 0 Å². The van der Waals surface area contributed by atoms with Gasteiger partial charge in [0.15, 0.2) is 5.78 Å². The predicted molar refractivity (Wildman–Crippen MR) is 69.5 cm³/mol. The molecule has 4 nitrogen and oxygen atoms in total. The van der Waals surface area contributed by atoms with Gasteiger partial charge in [0, 0.05) is 18.8 Å². The first kappa shape index (κ1) is 12.4. The molecule has 0 radical (unpaired) electrons. The standard InChI is InChI=1S/C14H16N2O2/c1-4-13-15-8-9-16(13)11-6-5-7-12(18-3)14(11)10(2)17/h5-9H,4H2,1-3H3. The molecule has 94 valence electrons. The quantitative estimate of drug-likeness (QED) is 0.777. The lowest BCUT2D eigenvalue weighted by Gasteiger charge is -2.13. The molecule has 0 saturated carbocycles. The number of aryl methyl sites for hydroxylation is 1. The van der Waals surface area contributed by atoms with Gasteiger partial charge in [-0.2, -0.15) is 0 Å². The van der Waals surface area contributed by atoms with Crippen LogP contribution in [0.2, 0.25) is 0 Å². The molecule has 2 aromatic rings. The van der Waals surface area contributed by atoms with Gasteiger partial charge in [-0.3, -0.25) is 4.79 Å². The molecule has 0 aliphatic rings. The number of hydrogen-bond donors (Lipinski definition) is 0. The number of ketones is 1. The summed E-state index contributed by atoms with van der Waals surface area (Å²) in [6, 6.07) is 5.57. The second-order valence-electron chi connectivity index (χ2n) is 3.98. The zero-order valence-corrected chi connectivity index (χ0v) is 10.8. The molecule has 0 saturated heterocycles. The van der Waals surface area contributed by atoms with Gasteiger partial charge in [-0.25, -0.2) is 4.98 Å². The summed E-state index contributed by atoms with van der Waals surface area (Å²) in [6.07, 6.45) is 4.41. The van der Waals surface area contributed by atoms with E-state index in [0.717, 1.165) is 17.9 Å². The van der Waals surface area contributed by atoms with Gasteiger partial charge in [0.05, 0.1) is 18.4 Å². The Labute approximate surface area is 106 Å². The number of nitrogens with zero attached hydrogens (tertiary/aromatic N) is 2. The number of imidazole rings is 1. The van der Waals surface area contributed by atoms with Crippen LogP contribution < -0.4 is 4.74 Å². The molecule has 1 aromatic heterocycles. The Morgan fingerprint density at radius 1 is 1.44 bits per heavy atom. The van der Waals surface area contributed by atoms with E-state index >= 15 is 0 Å².